The van der Waals surface area contributed by atoms with Gasteiger partial charge in [0.15, 0.2) is 0 Å². The molecule has 1 atom stereocenters. The number of rotatable bonds is 7. The second-order valence-electron chi connectivity index (χ2n) is 8.30. The molecule has 0 saturated carbocycles. The number of carbonyl (C=O) groups excluding carboxylic acids is 2. The number of methoxy groups -OCH3 is 1. The quantitative estimate of drug-likeness (QED) is 0.600. The molecule has 0 radical (unpaired) electrons. The van der Waals surface area contributed by atoms with Gasteiger partial charge in [-0.25, -0.2) is 0 Å². The van der Waals surface area contributed by atoms with Gasteiger partial charge in [-0.1, -0.05) is 27.7 Å². The lowest BCUT2D eigenvalue weighted by Crippen LogP contribution is -2.41. The van der Waals surface area contributed by atoms with Crippen molar-refractivity contribution in [2.24, 2.45) is 5.41 Å². The average molecular weight is 413 g/mol. The van der Waals surface area contributed by atoms with Crippen LogP contribution in [0.2, 0.25) is 0 Å². The summed E-state index contributed by atoms with van der Waals surface area (Å²) in [5.41, 5.74) is 3.64. The van der Waals surface area contributed by atoms with E-state index in [0.29, 0.717) is 17.9 Å². The summed E-state index contributed by atoms with van der Waals surface area (Å²) in [6.07, 6.45) is 1.96. The average Bonchev–Trinajstić information content (AvgIpc) is 3.13. The van der Waals surface area contributed by atoms with Gasteiger partial charge in [-0.15, -0.1) is 0 Å². The summed E-state index contributed by atoms with van der Waals surface area (Å²) in [7, 11) is 1.60. The van der Waals surface area contributed by atoms with Gasteiger partial charge < -0.3 is 20.7 Å². The molecule has 3 rings (SSSR count). The molecular weight excluding hydrogens is 380 g/mol. The normalized spacial score (nSPS) is 21.0. The van der Waals surface area contributed by atoms with Crippen molar-refractivity contribution in [2.45, 2.75) is 40.7 Å². The van der Waals surface area contributed by atoms with Crippen LogP contribution in [-0.4, -0.2) is 49.5 Å². The number of fused-ring (bicyclic) bond motifs is 1. The van der Waals surface area contributed by atoms with Crippen LogP contribution in [0.25, 0.3) is 5.57 Å². The van der Waals surface area contributed by atoms with Crippen LogP contribution in [0, 0.1) is 5.41 Å². The Morgan fingerprint density at radius 2 is 2.00 bits per heavy atom. The third-order valence-electron chi connectivity index (χ3n) is 6.04. The Labute approximate surface area is 178 Å². The Morgan fingerprint density at radius 1 is 1.30 bits per heavy atom. The number of allylic oxidation sites excluding steroid dienone is 1. The molecule has 1 aromatic rings. The van der Waals surface area contributed by atoms with Crippen LogP contribution in [0.1, 0.15) is 40.2 Å². The topological polar surface area (TPSA) is 82.7 Å². The highest BCUT2D eigenvalue weighted by Gasteiger charge is 2.41. The lowest BCUT2D eigenvalue weighted by atomic mass is 9.82. The first kappa shape index (κ1) is 21.9. The summed E-state index contributed by atoms with van der Waals surface area (Å²) in [4.78, 5) is 27.3. The van der Waals surface area contributed by atoms with Crippen molar-refractivity contribution in [3.63, 3.8) is 0 Å². The second-order valence-corrected chi connectivity index (χ2v) is 8.30. The number of nitrogens with one attached hydrogen (secondary N) is 3. The van der Waals surface area contributed by atoms with Crippen LogP contribution in [0.5, 0.6) is 5.75 Å². The third kappa shape index (κ3) is 4.07. The summed E-state index contributed by atoms with van der Waals surface area (Å²) in [5.74, 6) is 0.546. The highest BCUT2D eigenvalue weighted by Crippen LogP contribution is 2.40. The van der Waals surface area contributed by atoms with Crippen molar-refractivity contribution in [2.75, 3.05) is 32.1 Å². The van der Waals surface area contributed by atoms with Gasteiger partial charge in [0.25, 0.3) is 5.91 Å². The molecule has 2 aliphatic heterocycles. The molecule has 1 unspecified atom stereocenters. The minimum absolute atomic E-state index is 0.0210. The molecule has 0 spiro atoms. The van der Waals surface area contributed by atoms with Crippen LogP contribution in [-0.2, 0) is 9.59 Å². The van der Waals surface area contributed by atoms with Crippen LogP contribution >= 0.6 is 0 Å². The Morgan fingerprint density at radius 3 is 2.63 bits per heavy atom. The second kappa shape index (κ2) is 8.52. The van der Waals surface area contributed by atoms with Crippen molar-refractivity contribution >= 4 is 23.1 Å². The fraction of sp³-hybridized carbons (Fsp3) is 0.478. The lowest BCUT2D eigenvalue weighted by molar-refractivity contribution is -0.121. The van der Waals surface area contributed by atoms with Gasteiger partial charge in [0, 0.05) is 34.0 Å². The number of hydrogen-bond donors (Lipinski definition) is 3. The molecule has 0 saturated heterocycles. The molecule has 0 aliphatic carbocycles. The predicted molar refractivity (Wildman–Crippen MR) is 119 cm³/mol. The zero-order chi connectivity index (χ0) is 22.1. The van der Waals surface area contributed by atoms with E-state index in [0.717, 1.165) is 35.7 Å². The first-order valence-corrected chi connectivity index (χ1v) is 10.4. The molecule has 7 heteroatoms. The summed E-state index contributed by atoms with van der Waals surface area (Å²) < 4.78 is 5.25. The van der Waals surface area contributed by atoms with E-state index in [9.17, 15) is 9.59 Å². The maximum absolute atomic E-state index is 12.6. The van der Waals surface area contributed by atoms with E-state index in [2.05, 4.69) is 34.7 Å². The monoisotopic (exact) mass is 412 g/mol. The third-order valence-corrected chi connectivity index (χ3v) is 6.04. The molecule has 3 N–H and O–H groups in total. The van der Waals surface area contributed by atoms with Crippen molar-refractivity contribution < 1.29 is 14.3 Å². The molecule has 30 heavy (non-hydrogen) atoms. The zero-order valence-electron chi connectivity index (χ0n) is 18.7. The van der Waals surface area contributed by atoms with E-state index in [4.69, 9.17) is 4.74 Å². The van der Waals surface area contributed by atoms with Gasteiger partial charge >= 0.3 is 0 Å². The van der Waals surface area contributed by atoms with E-state index in [-0.39, 0.29) is 23.3 Å². The zero-order valence-corrected chi connectivity index (χ0v) is 18.7. The molecule has 0 bridgehead atoms. The van der Waals surface area contributed by atoms with Gasteiger partial charge in [0.2, 0.25) is 5.91 Å². The van der Waals surface area contributed by atoms with E-state index in [1.54, 1.807) is 7.11 Å². The molecule has 0 aromatic heterocycles. The van der Waals surface area contributed by atoms with Crippen molar-refractivity contribution in [1.29, 1.82) is 0 Å². The van der Waals surface area contributed by atoms with Gasteiger partial charge in [0.1, 0.15) is 5.75 Å². The van der Waals surface area contributed by atoms with Crippen molar-refractivity contribution in [3.05, 3.63) is 41.2 Å². The molecule has 162 valence electrons. The van der Waals surface area contributed by atoms with Crippen molar-refractivity contribution in [1.82, 2.24) is 15.5 Å². The fourth-order valence-corrected chi connectivity index (χ4v) is 4.09. The maximum atomic E-state index is 12.6. The van der Waals surface area contributed by atoms with Gasteiger partial charge in [-0.05, 0) is 38.2 Å². The molecule has 2 amide bonds. The predicted octanol–water partition coefficient (Wildman–Crippen LogP) is 2.72. The Balaban J connectivity index is 1.82. The maximum Gasteiger partial charge on any atom is 0.256 e. The van der Waals surface area contributed by atoms with E-state index in [1.165, 1.54) is 0 Å². The smallest absolute Gasteiger partial charge is 0.256 e. The van der Waals surface area contributed by atoms with E-state index >= 15 is 0 Å². The number of likely N-dealkylation sites (N-methyl/N-ethyl adjacent to an activating group) is 1. The first-order valence-electron chi connectivity index (χ1n) is 10.4. The van der Waals surface area contributed by atoms with Gasteiger partial charge in [-0.3, -0.25) is 14.5 Å². The summed E-state index contributed by atoms with van der Waals surface area (Å²) in [6, 6.07) is 5.44. The Bertz CT molecular complexity index is 913. The number of nitrogens with zero attached hydrogens (tertiary/aromatic N) is 1. The largest absolute Gasteiger partial charge is 0.497 e. The van der Waals surface area contributed by atoms with Crippen LogP contribution in [0.15, 0.2) is 35.7 Å². The minimum Gasteiger partial charge on any atom is -0.497 e. The number of anilines is 1. The number of amides is 2. The summed E-state index contributed by atoms with van der Waals surface area (Å²) >= 11 is 0. The van der Waals surface area contributed by atoms with Gasteiger partial charge in [0.05, 0.1) is 25.4 Å². The molecule has 1 aromatic carbocycles. The number of carbonyl (C=O) groups is 2. The first-order chi connectivity index (χ1) is 14.2. The highest BCUT2D eigenvalue weighted by atomic mass is 16.5. The van der Waals surface area contributed by atoms with E-state index in [1.807, 2.05) is 45.0 Å². The van der Waals surface area contributed by atoms with Crippen LogP contribution in [0.4, 0.5) is 5.69 Å². The number of benzene rings is 1. The molecule has 0 fully saturated rings. The molecular formula is C23H32N4O3. The van der Waals surface area contributed by atoms with Crippen LogP contribution < -0.4 is 20.7 Å². The summed E-state index contributed by atoms with van der Waals surface area (Å²) in [6.45, 7) is 12.2. The van der Waals surface area contributed by atoms with E-state index < -0.39 is 0 Å². The Kier molecular flexibility index (Phi) is 6.22. The summed E-state index contributed by atoms with van der Waals surface area (Å²) in [5, 5.41) is 9.47. The molecule has 7 nitrogen and oxygen atoms in total. The fourth-order valence-electron chi connectivity index (χ4n) is 4.09. The Hall–Kier alpha value is -2.80. The highest BCUT2D eigenvalue weighted by molar-refractivity contribution is 6.31. The lowest BCUT2D eigenvalue weighted by Gasteiger charge is -2.29. The van der Waals surface area contributed by atoms with Crippen LogP contribution in [0.3, 0.4) is 0 Å². The SMILES string of the molecule is CCN(CC)CC(=O)NC1=C(C)NC(/C=C2\C(=O)Nc3cc(OC)ccc32)C1(C)C. The number of hydrogen-bond acceptors (Lipinski definition) is 5. The standard InChI is InChI=1S/C23H32N4O3/c1-7-27(8-2)13-20(28)26-21-14(3)24-19(23(21,4)5)12-17-16-10-9-15(30-6)11-18(16)25-22(17)29/h9-12,19,24H,7-8,13H2,1-6H3,(H,25,29)(H,26,28)/b17-12-. The molecule has 2 aliphatic rings. The minimum atomic E-state index is -0.383. The van der Waals surface area contributed by atoms with Crippen molar-refractivity contribution in [3.8, 4) is 5.75 Å². The van der Waals surface area contributed by atoms with Gasteiger partial charge in [-0.2, -0.15) is 0 Å². The molecule has 2 heterocycles. The number of ether oxygens (including phenoxy) is 1.